The average Bonchev–Trinajstić information content (AvgIpc) is 2.39. The van der Waals surface area contributed by atoms with Crippen LogP contribution in [0.1, 0.15) is 16.7 Å². The highest BCUT2D eigenvalue weighted by molar-refractivity contribution is 6.69. The Kier molecular flexibility index (Phi) is 4.01. The zero-order valence-electron chi connectivity index (χ0n) is 11.2. The standard InChI is InChI=1S/C16H15ClFN/c1-10-4-7-13(15(18)8-10)12-6-5-11(2)14(9-12)16(17)19-3/h4-9H,1-3H3/b19-16+. The van der Waals surface area contributed by atoms with Crippen LogP contribution in [-0.2, 0) is 0 Å². The first kappa shape index (κ1) is 13.8. The predicted octanol–water partition coefficient (Wildman–Crippen LogP) is 4.72. The van der Waals surface area contributed by atoms with Crippen molar-refractivity contribution in [1.82, 2.24) is 0 Å². The first-order valence-electron chi connectivity index (χ1n) is 6.02. The van der Waals surface area contributed by atoms with Crippen LogP contribution in [0.2, 0.25) is 0 Å². The molecule has 2 aromatic rings. The number of nitrogens with zero attached hydrogens (tertiary/aromatic N) is 1. The lowest BCUT2D eigenvalue weighted by molar-refractivity contribution is 0.630. The van der Waals surface area contributed by atoms with Gasteiger partial charge in [0.05, 0.1) is 0 Å². The number of aliphatic imine (C=N–C) groups is 1. The summed E-state index contributed by atoms with van der Waals surface area (Å²) < 4.78 is 14.0. The second-order valence-electron chi connectivity index (χ2n) is 4.53. The van der Waals surface area contributed by atoms with Gasteiger partial charge in [-0.3, -0.25) is 4.99 Å². The lowest BCUT2D eigenvalue weighted by Crippen LogP contribution is -1.96. The predicted molar refractivity (Wildman–Crippen MR) is 79.6 cm³/mol. The normalized spacial score (nSPS) is 11.7. The highest BCUT2D eigenvalue weighted by Gasteiger charge is 2.09. The molecule has 0 amide bonds. The van der Waals surface area contributed by atoms with Gasteiger partial charge in [-0.15, -0.1) is 0 Å². The van der Waals surface area contributed by atoms with Crippen molar-refractivity contribution in [3.63, 3.8) is 0 Å². The number of hydrogen-bond donors (Lipinski definition) is 0. The fraction of sp³-hybridized carbons (Fsp3) is 0.188. The van der Waals surface area contributed by atoms with Crippen molar-refractivity contribution in [2.24, 2.45) is 4.99 Å². The summed E-state index contributed by atoms with van der Waals surface area (Å²) in [4.78, 5) is 3.98. The van der Waals surface area contributed by atoms with Crippen molar-refractivity contribution in [1.29, 1.82) is 0 Å². The van der Waals surface area contributed by atoms with E-state index in [1.165, 1.54) is 6.07 Å². The molecule has 0 aliphatic heterocycles. The molecule has 0 saturated heterocycles. The van der Waals surface area contributed by atoms with Gasteiger partial charge in [-0.2, -0.15) is 0 Å². The molecule has 0 saturated carbocycles. The topological polar surface area (TPSA) is 12.4 Å². The Morgan fingerprint density at radius 1 is 1.11 bits per heavy atom. The van der Waals surface area contributed by atoms with Crippen molar-refractivity contribution >= 4 is 16.8 Å². The first-order chi connectivity index (χ1) is 9.02. The zero-order valence-corrected chi connectivity index (χ0v) is 11.9. The Morgan fingerprint density at radius 2 is 1.84 bits per heavy atom. The van der Waals surface area contributed by atoms with Gasteiger partial charge in [-0.25, -0.2) is 4.39 Å². The Bertz CT molecular complexity index is 647. The van der Waals surface area contributed by atoms with Gasteiger partial charge in [0.25, 0.3) is 0 Å². The SMILES string of the molecule is C/N=C(/Cl)c1cc(-c2ccc(C)cc2F)ccc1C. The molecule has 19 heavy (non-hydrogen) atoms. The number of halogens is 2. The fourth-order valence-corrected chi connectivity index (χ4v) is 2.19. The molecule has 0 fully saturated rings. The van der Waals surface area contributed by atoms with Crippen molar-refractivity contribution in [3.8, 4) is 11.1 Å². The largest absolute Gasteiger partial charge is 0.276 e. The lowest BCUT2D eigenvalue weighted by Gasteiger charge is -2.09. The minimum atomic E-state index is -0.223. The first-order valence-corrected chi connectivity index (χ1v) is 6.40. The molecule has 98 valence electrons. The maximum absolute atomic E-state index is 14.0. The summed E-state index contributed by atoms with van der Waals surface area (Å²) in [6.07, 6.45) is 0. The number of hydrogen-bond acceptors (Lipinski definition) is 1. The van der Waals surface area contributed by atoms with Gasteiger partial charge < -0.3 is 0 Å². The maximum Gasteiger partial charge on any atom is 0.131 e. The summed E-state index contributed by atoms with van der Waals surface area (Å²) in [6, 6.07) is 10.9. The Balaban J connectivity index is 2.58. The van der Waals surface area contributed by atoms with Crippen molar-refractivity contribution in [2.75, 3.05) is 7.05 Å². The average molecular weight is 276 g/mol. The van der Waals surface area contributed by atoms with Crippen LogP contribution in [0.4, 0.5) is 4.39 Å². The molecular weight excluding hydrogens is 261 g/mol. The molecule has 0 atom stereocenters. The molecule has 0 aromatic heterocycles. The number of benzene rings is 2. The Hall–Kier alpha value is -1.67. The van der Waals surface area contributed by atoms with Crippen LogP contribution >= 0.6 is 11.6 Å². The van der Waals surface area contributed by atoms with E-state index in [0.717, 1.165) is 22.3 Å². The van der Waals surface area contributed by atoms with Crippen molar-refractivity contribution in [2.45, 2.75) is 13.8 Å². The molecule has 0 radical (unpaired) electrons. The second-order valence-corrected chi connectivity index (χ2v) is 4.89. The van der Waals surface area contributed by atoms with E-state index >= 15 is 0 Å². The fourth-order valence-electron chi connectivity index (χ4n) is 1.99. The third-order valence-corrected chi connectivity index (χ3v) is 3.46. The summed E-state index contributed by atoms with van der Waals surface area (Å²) in [5, 5.41) is 0.437. The zero-order chi connectivity index (χ0) is 14.0. The van der Waals surface area contributed by atoms with Crippen LogP contribution in [0.15, 0.2) is 41.4 Å². The van der Waals surface area contributed by atoms with E-state index in [4.69, 9.17) is 11.6 Å². The molecule has 2 aromatic carbocycles. The molecule has 1 nitrogen and oxygen atoms in total. The molecule has 0 unspecified atom stereocenters. The molecule has 2 rings (SSSR count). The van der Waals surface area contributed by atoms with Crippen LogP contribution in [-0.4, -0.2) is 12.2 Å². The van der Waals surface area contributed by atoms with Crippen LogP contribution < -0.4 is 0 Å². The molecule has 0 heterocycles. The van der Waals surface area contributed by atoms with Gasteiger partial charge >= 0.3 is 0 Å². The van der Waals surface area contributed by atoms with Crippen molar-refractivity contribution in [3.05, 3.63) is 58.9 Å². The molecule has 0 N–H and O–H groups in total. The summed E-state index contributed by atoms with van der Waals surface area (Å²) in [5.41, 5.74) is 4.14. The van der Waals surface area contributed by atoms with Gasteiger partial charge in [-0.05, 0) is 42.7 Å². The number of rotatable bonds is 2. The van der Waals surface area contributed by atoms with Crippen molar-refractivity contribution < 1.29 is 4.39 Å². The highest BCUT2D eigenvalue weighted by Crippen LogP contribution is 2.26. The lowest BCUT2D eigenvalue weighted by atomic mass is 9.99. The minimum Gasteiger partial charge on any atom is -0.276 e. The Morgan fingerprint density at radius 3 is 2.47 bits per heavy atom. The molecular formula is C16H15ClFN. The monoisotopic (exact) mass is 275 g/mol. The third-order valence-electron chi connectivity index (χ3n) is 3.09. The Labute approximate surface area is 117 Å². The van der Waals surface area contributed by atoms with Crippen LogP contribution in [0, 0.1) is 19.7 Å². The van der Waals surface area contributed by atoms with Crippen LogP contribution in [0.5, 0.6) is 0 Å². The summed E-state index contributed by atoms with van der Waals surface area (Å²) in [7, 11) is 1.64. The van der Waals surface area contributed by atoms with E-state index in [1.54, 1.807) is 13.1 Å². The van der Waals surface area contributed by atoms with E-state index in [1.807, 2.05) is 38.1 Å². The summed E-state index contributed by atoms with van der Waals surface area (Å²) in [6.45, 7) is 3.83. The molecule has 0 aliphatic rings. The van der Waals surface area contributed by atoms with Gasteiger partial charge in [0, 0.05) is 18.2 Å². The van der Waals surface area contributed by atoms with Gasteiger partial charge in [0.1, 0.15) is 11.0 Å². The van der Waals surface area contributed by atoms with E-state index in [9.17, 15) is 4.39 Å². The maximum atomic E-state index is 14.0. The molecule has 0 bridgehead atoms. The molecule has 0 spiro atoms. The van der Waals surface area contributed by atoms with E-state index in [-0.39, 0.29) is 5.82 Å². The summed E-state index contributed by atoms with van der Waals surface area (Å²) >= 11 is 6.08. The van der Waals surface area contributed by atoms with E-state index < -0.39 is 0 Å². The minimum absolute atomic E-state index is 0.223. The highest BCUT2D eigenvalue weighted by atomic mass is 35.5. The van der Waals surface area contributed by atoms with Gasteiger partial charge in [0.2, 0.25) is 0 Å². The quantitative estimate of drug-likeness (QED) is 0.703. The van der Waals surface area contributed by atoms with Crippen LogP contribution in [0.3, 0.4) is 0 Å². The third kappa shape index (κ3) is 2.85. The molecule has 0 aliphatic carbocycles. The van der Waals surface area contributed by atoms with E-state index in [2.05, 4.69) is 4.99 Å². The van der Waals surface area contributed by atoms with E-state index in [0.29, 0.717) is 10.7 Å². The second kappa shape index (κ2) is 5.54. The van der Waals surface area contributed by atoms with Gasteiger partial charge in [0.15, 0.2) is 0 Å². The van der Waals surface area contributed by atoms with Crippen LogP contribution in [0.25, 0.3) is 11.1 Å². The van der Waals surface area contributed by atoms with Gasteiger partial charge in [-0.1, -0.05) is 35.9 Å². The number of aryl methyl sites for hydroxylation is 2. The molecule has 3 heteroatoms. The summed E-state index contributed by atoms with van der Waals surface area (Å²) in [5.74, 6) is -0.223. The smallest absolute Gasteiger partial charge is 0.131 e.